The third-order valence-electron chi connectivity index (χ3n) is 2.38. The van der Waals surface area contributed by atoms with Crippen molar-refractivity contribution in [3.63, 3.8) is 0 Å². The maximum absolute atomic E-state index is 11.3. The van der Waals surface area contributed by atoms with Crippen molar-refractivity contribution in [2.24, 2.45) is 10.7 Å². The van der Waals surface area contributed by atoms with Crippen molar-refractivity contribution in [1.82, 2.24) is 5.32 Å². The fourth-order valence-electron chi connectivity index (χ4n) is 1.37. The fraction of sp³-hybridized carbons (Fsp3) is 0.333. The molecule has 1 amide bonds. The van der Waals surface area contributed by atoms with Gasteiger partial charge in [-0.05, 0) is 25.0 Å². The number of nitrogens with zero attached hydrogens (tertiary/aromatic N) is 1. The van der Waals surface area contributed by atoms with Crippen LogP contribution in [0.4, 0.5) is 5.69 Å². The molecule has 1 fully saturated rings. The largest absolute Gasteiger partial charge is 0.370 e. The summed E-state index contributed by atoms with van der Waals surface area (Å²) in [4.78, 5) is 15.3. The van der Waals surface area contributed by atoms with E-state index in [0.717, 1.165) is 18.5 Å². The van der Waals surface area contributed by atoms with E-state index in [-0.39, 0.29) is 42.4 Å². The van der Waals surface area contributed by atoms with Crippen LogP contribution in [0, 0.1) is 0 Å². The van der Waals surface area contributed by atoms with E-state index in [0.29, 0.717) is 6.04 Å². The lowest BCUT2D eigenvalue weighted by molar-refractivity contribution is -0.119. The molecule has 4 N–H and O–H groups in total. The van der Waals surface area contributed by atoms with Crippen molar-refractivity contribution in [2.75, 3.05) is 11.9 Å². The first-order chi connectivity index (χ1) is 8.24. The van der Waals surface area contributed by atoms with Crippen molar-refractivity contribution >= 4 is 41.5 Å². The van der Waals surface area contributed by atoms with E-state index in [1.54, 1.807) is 0 Å². The zero-order valence-corrected chi connectivity index (χ0v) is 12.3. The lowest BCUT2D eigenvalue weighted by atomic mass is 10.3. The Balaban J connectivity index is 0.00000162. The molecule has 0 unspecified atom stereocenters. The summed E-state index contributed by atoms with van der Waals surface area (Å²) in [6.45, 7) is 0.0716. The van der Waals surface area contributed by atoms with Crippen LogP contribution >= 0.6 is 24.0 Å². The van der Waals surface area contributed by atoms with E-state index < -0.39 is 0 Å². The first-order valence-corrected chi connectivity index (χ1v) is 5.65. The van der Waals surface area contributed by atoms with E-state index in [1.807, 2.05) is 30.3 Å². The summed E-state index contributed by atoms with van der Waals surface area (Å²) >= 11 is 0. The van der Waals surface area contributed by atoms with E-state index in [2.05, 4.69) is 15.6 Å². The molecule has 0 heterocycles. The van der Waals surface area contributed by atoms with Crippen LogP contribution in [0.3, 0.4) is 0 Å². The second-order valence-corrected chi connectivity index (χ2v) is 4.03. The number of nitrogens with one attached hydrogen (secondary N) is 2. The van der Waals surface area contributed by atoms with Crippen molar-refractivity contribution < 1.29 is 4.79 Å². The predicted molar refractivity (Wildman–Crippen MR) is 83.1 cm³/mol. The molecule has 0 saturated heterocycles. The molecule has 1 aromatic rings. The molecule has 1 aromatic carbocycles. The molecule has 2 rings (SSSR count). The van der Waals surface area contributed by atoms with Crippen molar-refractivity contribution in [2.45, 2.75) is 18.9 Å². The quantitative estimate of drug-likeness (QED) is 0.430. The van der Waals surface area contributed by atoms with Crippen LogP contribution < -0.4 is 16.4 Å². The number of carbonyl (C=O) groups is 1. The van der Waals surface area contributed by atoms with Gasteiger partial charge in [0.2, 0.25) is 5.91 Å². The van der Waals surface area contributed by atoms with E-state index >= 15 is 0 Å². The van der Waals surface area contributed by atoms with Gasteiger partial charge in [-0.3, -0.25) is 4.79 Å². The van der Waals surface area contributed by atoms with Gasteiger partial charge in [-0.1, -0.05) is 18.2 Å². The number of hydrogen-bond donors (Lipinski definition) is 3. The molecule has 0 radical (unpaired) electrons. The topological polar surface area (TPSA) is 79.5 Å². The van der Waals surface area contributed by atoms with Gasteiger partial charge in [-0.2, -0.15) is 0 Å². The van der Waals surface area contributed by atoms with E-state index in [1.165, 1.54) is 0 Å². The fourth-order valence-corrected chi connectivity index (χ4v) is 1.37. The van der Waals surface area contributed by atoms with Gasteiger partial charge < -0.3 is 16.4 Å². The normalized spacial score (nSPS) is 14.6. The molecule has 0 spiro atoms. The Morgan fingerprint density at radius 3 is 2.61 bits per heavy atom. The molecule has 0 aromatic heterocycles. The molecule has 0 aliphatic heterocycles. The first-order valence-electron chi connectivity index (χ1n) is 5.65. The van der Waals surface area contributed by atoms with Gasteiger partial charge >= 0.3 is 0 Å². The van der Waals surface area contributed by atoms with Crippen LogP contribution in [0.25, 0.3) is 0 Å². The smallest absolute Gasteiger partial charge is 0.242 e. The highest BCUT2D eigenvalue weighted by molar-refractivity contribution is 14.0. The minimum atomic E-state index is -0.0784. The van der Waals surface area contributed by atoms with E-state index in [9.17, 15) is 4.79 Å². The number of nitrogens with two attached hydrogens (primary N) is 1. The van der Waals surface area contributed by atoms with Gasteiger partial charge in [0.05, 0.1) is 0 Å². The molecule has 98 valence electrons. The molecule has 6 heteroatoms. The van der Waals surface area contributed by atoms with Crippen LogP contribution in [0.5, 0.6) is 0 Å². The lowest BCUT2D eigenvalue weighted by Gasteiger charge is -2.05. The average Bonchev–Trinajstić information content (AvgIpc) is 3.12. The third kappa shape index (κ3) is 5.35. The number of benzene rings is 1. The number of aliphatic imine (C=N–C) groups is 1. The third-order valence-corrected chi connectivity index (χ3v) is 2.38. The molecular formula is C12H17IN4O. The van der Waals surface area contributed by atoms with Crippen molar-refractivity contribution in [3.05, 3.63) is 30.3 Å². The number of halogens is 1. The average molecular weight is 360 g/mol. The number of anilines is 1. The Hall–Kier alpha value is -1.31. The Kier molecular flexibility index (Phi) is 5.90. The summed E-state index contributed by atoms with van der Waals surface area (Å²) in [5.41, 5.74) is 6.52. The number of rotatable bonds is 4. The van der Waals surface area contributed by atoms with Gasteiger partial charge in [0.25, 0.3) is 0 Å². The number of carbonyl (C=O) groups excluding carboxylic acids is 1. The Bertz CT molecular complexity index is 417. The van der Waals surface area contributed by atoms with Crippen LogP contribution in [0.1, 0.15) is 12.8 Å². The molecule has 1 saturated carbocycles. The highest BCUT2D eigenvalue weighted by Crippen LogP contribution is 2.18. The highest BCUT2D eigenvalue weighted by atomic mass is 127. The summed E-state index contributed by atoms with van der Waals surface area (Å²) in [5.74, 6) is 0.174. The number of hydrogen-bond acceptors (Lipinski definition) is 2. The highest BCUT2D eigenvalue weighted by Gasteiger charge is 2.22. The van der Waals surface area contributed by atoms with Crippen LogP contribution in [-0.4, -0.2) is 24.5 Å². The maximum atomic E-state index is 11.3. The summed E-state index contributed by atoms with van der Waals surface area (Å²) < 4.78 is 0. The molecule has 18 heavy (non-hydrogen) atoms. The van der Waals surface area contributed by atoms with Crippen molar-refractivity contribution in [3.8, 4) is 0 Å². The molecule has 1 aliphatic carbocycles. The molecule has 0 atom stereocenters. The Morgan fingerprint density at radius 2 is 2.00 bits per heavy atom. The predicted octanol–water partition coefficient (Wildman–Crippen LogP) is 1.31. The van der Waals surface area contributed by atoms with Gasteiger partial charge in [0.15, 0.2) is 5.96 Å². The summed E-state index contributed by atoms with van der Waals surface area (Å²) in [6.07, 6.45) is 2.15. The lowest BCUT2D eigenvalue weighted by Crippen LogP contribution is -2.30. The Morgan fingerprint density at radius 1 is 1.33 bits per heavy atom. The van der Waals surface area contributed by atoms with Gasteiger partial charge in [-0.15, -0.1) is 24.0 Å². The van der Waals surface area contributed by atoms with Gasteiger partial charge in [0.1, 0.15) is 6.54 Å². The maximum Gasteiger partial charge on any atom is 0.242 e. The summed E-state index contributed by atoms with van der Waals surface area (Å²) in [5, 5.41) is 5.76. The standard InChI is InChI=1S/C12H16N4O.HI/c13-12(16-9-4-2-1-3-5-9)14-8-11(17)15-10-6-7-10;/h1-5,10H,6-8H2,(H,15,17)(H3,13,14,16);1H. The van der Waals surface area contributed by atoms with Crippen LogP contribution in [-0.2, 0) is 4.79 Å². The molecule has 5 nitrogen and oxygen atoms in total. The zero-order chi connectivity index (χ0) is 12.1. The number of guanidine groups is 1. The summed E-state index contributed by atoms with van der Waals surface area (Å²) in [6, 6.07) is 9.84. The number of para-hydroxylation sites is 1. The molecular weight excluding hydrogens is 343 g/mol. The SMILES string of the molecule is I.NC(=NCC(=O)NC1CC1)Nc1ccccc1. The first kappa shape index (κ1) is 14.7. The zero-order valence-electron chi connectivity index (χ0n) is 9.93. The number of amides is 1. The molecule has 1 aliphatic rings. The van der Waals surface area contributed by atoms with Crippen LogP contribution in [0.15, 0.2) is 35.3 Å². The van der Waals surface area contributed by atoms with Gasteiger partial charge in [0, 0.05) is 11.7 Å². The minimum Gasteiger partial charge on any atom is -0.370 e. The second kappa shape index (κ2) is 7.20. The monoisotopic (exact) mass is 360 g/mol. The van der Waals surface area contributed by atoms with Crippen molar-refractivity contribution in [1.29, 1.82) is 0 Å². The van der Waals surface area contributed by atoms with E-state index in [4.69, 9.17) is 5.73 Å². The summed E-state index contributed by atoms with van der Waals surface area (Å²) in [7, 11) is 0. The molecule has 0 bridgehead atoms. The second-order valence-electron chi connectivity index (χ2n) is 4.03. The minimum absolute atomic E-state index is 0. The van der Waals surface area contributed by atoms with Crippen LogP contribution in [0.2, 0.25) is 0 Å². The Labute approximate surface area is 123 Å². The van der Waals surface area contributed by atoms with Gasteiger partial charge in [-0.25, -0.2) is 4.99 Å².